The predicted octanol–water partition coefficient (Wildman–Crippen LogP) is 0.689. The van der Waals surface area contributed by atoms with E-state index in [1.807, 2.05) is 10.7 Å². The van der Waals surface area contributed by atoms with Crippen LogP contribution in [0.1, 0.15) is 23.2 Å². The molecule has 1 amide bonds. The Morgan fingerprint density at radius 1 is 1.43 bits per heavy atom. The lowest BCUT2D eigenvalue weighted by atomic mass is 9.97. The molecule has 110 valence electrons. The molecule has 0 aliphatic carbocycles. The molecule has 1 atom stereocenters. The molecule has 2 aromatic rings. The topological polar surface area (TPSA) is 89.9 Å². The number of carbonyl (C=O) groups is 1. The summed E-state index contributed by atoms with van der Waals surface area (Å²) in [5, 5.41) is 4.16. The van der Waals surface area contributed by atoms with Crippen LogP contribution in [0.5, 0.6) is 0 Å². The second-order valence-electron chi connectivity index (χ2n) is 5.33. The first-order valence-corrected chi connectivity index (χ1v) is 7.05. The Balaban J connectivity index is 1.75. The summed E-state index contributed by atoms with van der Waals surface area (Å²) in [5.74, 6) is 0.0471. The van der Waals surface area contributed by atoms with Crippen LogP contribution >= 0.6 is 0 Å². The highest BCUT2D eigenvalue weighted by molar-refractivity contribution is 5.98. The largest absolute Gasteiger partial charge is 0.370 e. The van der Waals surface area contributed by atoms with E-state index in [4.69, 9.17) is 5.73 Å². The minimum Gasteiger partial charge on any atom is -0.370 e. The van der Waals surface area contributed by atoms with Crippen LogP contribution in [0, 0.1) is 5.92 Å². The fourth-order valence-corrected chi connectivity index (χ4v) is 2.88. The van der Waals surface area contributed by atoms with E-state index in [0.29, 0.717) is 11.5 Å². The van der Waals surface area contributed by atoms with Crippen LogP contribution in [0.25, 0.3) is 0 Å². The predicted molar refractivity (Wildman–Crippen MR) is 77.7 cm³/mol. The number of pyridine rings is 1. The van der Waals surface area contributed by atoms with Crippen molar-refractivity contribution in [3.05, 3.63) is 36.7 Å². The van der Waals surface area contributed by atoms with E-state index in [1.54, 1.807) is 25.0 Å². The van der Waals surface area contributed by atoms with E-state index in [0.717, 1.165) is 38.2 Å². The monoisotopic (exact) mass is 286 g/mol. The molecule has 7 heteroatoms. The zero-order chi connectivity index (χ0) is 14.7. The number of carbonyl (C=O) groups excluding carboxylic acids is 1. The smallest absolute Gasteiger partial charge is 0.252 e. The SMILES string of the molecule is NC(=O)c1cnccc1N1CCCC(Cn2cncn2)C1. The molecule has 0 bridgehead atoms. The van der Waals surface area contributed by atoms with Gasteiger partial charge < -0.3 is 10.6 Å². The number of hydrogen-bond donors (Lipinski definition) is 1. The highest BCUT2D eigenvalue weighted by atomic mass is 16.1. The third-order valence-corrected chi connectivity index (χ3v) is 3.84. The summed E-state index contributed by atoms with van der Waals surface area (Å²) in [5.41, 5.74) is 6.80. The summed E-state index contributed by atoms with van der Waals surface area (Å²) in [4.78, 5) is 21.7. The Bertz CT molecular complexity index is 612. The molecule has 0 spiro atoms. The van der Waals surface area contributed by atoms with Gasteiger partial charge in [-0.1, -0.05) is 0 Å². The number of rotatable bonds is 4. The molecule has 7 nitrogen and oxygen atoms in total. The lowest BCUT2D eigenvalue weighted by Crippen LogP contribution is -2.38. The zero-order valence-electron chi connectivity index (χ0n) is 11.7. The van der Waals surface area contributed by atoms with Crippen molar-refractivity contribution in [1.29, 1.82) is 0 Å². The Hall–Kier alpha value is -2.44. The van der Waals surface area contributed by atoms with Crippen molar-refractivity contribution in [2.24, 2.45) is 11.7 Å². The molecule has 1 unspecified atom stereocenters. The van der Waals surface area contributed by atoms with Gasteiger partial charge >= 0.3 is 0 Å². The third-order valence-electron chi connectivity index (χ3n) is 3.84. The average molecular weight is 286 g/mol. The van der Waals surface area contributed by atoms with E-state index >= 15 is 0 Å². The Kier molecular flexibility index (Phi) is 3.81. The van der Waals surface area contributed by atoms with E-state index in [9.17, 15) is 4.79 Å². The number of nitrogens with zero attached hydrogens (tertiary/aromatic N) is 5. The molecule has 3 rings (SSSR count). The molecule has 0 radical (unpaired) electrons. The Labute approximate surface area is 122 Å². The van der Waals surface area contributed by atoms with Gasteiger partial charge in [-0.05, 0) is 24.8 Å². The van der Waals surface area contributed by atoms with Crippen LogP contribution in [-0.4, -0.2) is 38.7 Å². The zero-order valence-corrected chi connectivity index (χ0v) is 11.7. The van der Waals surface area contributed by atoms with Gasteiger partial charge in [0, 0.05) is 32.0 Å². The third kappa shape index (κ3) is 3.01. The van der Waals surface area contributed by atoms with Crippen molar-refractivity contribution in [3.8, 4) is 0 Å². The van der Waals surface area contributed by atoms with Gasteiger partial charge in [0.25, 0.3) is 5.91 Å². The van der Waals surface area contributed by atoms with Crippen molar-refractivity contribution < 1.29 is 4.79 Å². The number of amides is 1. The summed E-state index contributed by atoms with van der Waals surface area (Å²) in [6.45, 7) is 2.65. The van der Waals surface area contributed by atoms with E-state index in [1.165, 1.54) is 0 Å². The molecule has 2 N–H and O–H groups in total. The van der Waals surface area contributed by atoms with Gasteiger partial charge in [-0.25, -0.2) is 4.98 Å². The number of hydrogen-bond acceptors (Lipinski definition) is 5. The van der Waals surface area contributed by atoms with Crippen molar-refractivity contribution in [1.82, 2.24) is 19.7 Å². The fourth-order valence-electron chi connectivity index (χ4n) is 2.88. The summed E-state index contributed by atoms with van der Waals surface area (Å²) in [7, 11) is 0. The normalized spacial score (nSPS) is 18.7. The average Bonchev–Trinajstić information content (AvgIpc) is 3.00. The number of piperidine rings is 1. The molecule has 1 fully saturated rings. The molecule has 0 aromatic carbocycles. The lowest BCUT2D eigenvalue weighted by molar-refractivity contribution is 0.1000. The maximum atomic E-state index is 11.5. The molecule has 3 heterocycles. The van der Waals surface area contributed by atoms with E-state index < -0.39 is 5.91 Å². The minimum absolute atomic E-state index is 0.434. The first-order chi connectivity index (χ1) is 10.2. The van der Waals surface area contributed by atoms with Gasteiger partial charge in [0.2, 0.25) is 0 Å². The quantitative estimate of drug-likeness (QED) is 0.893. The number of nitrogens with two attached hydrogens (primary N) is 1. The molecular weight excluding hydrogens is 268 g/mol. The van der Waals surface area contributed by atoms with Gasteiger partial charge in [-0.15, -0.1) is 0 Å². The van der Waals surface area contributed by atoms with Crippen molar-refractivity contribution >= 4 is 11.6 Å². The molecular formula is C14H18N6O. The Morgan fingerprint density at radius 3 is 3.10 bits per heavy atom. The molecule has 2 aromatic heterocycles. The maximum absolute atomic E-state index is 11.5. The maximum Gasteiger partial charge on any atom is 0.252 e. The van der Waals surface area contributed by atoms with Gasteiger partial charge in [0.1, 0.15) is 12.7 Å². The second-order valence-corrected chi connectivity index (χ2v) is 5.33. The van der Waals surface area contributed by atoms with Crippen molar-refractivity contribution in [2.75, 3.05) is 18.0 Å². The van der Waals surface area contributed by atoms with Crippen molar-refractivity contribution in [3.63, 3.8) is 0 Å². The standard InChI is InChI=1S/C14H18N6O/c15-14(21)12-6-16-4-3-13(12)19-5-1-2-11(7-19)8-20-10-17-9-18-20/h3-4,6,9-11H,1-2,5,7-8H2,(H2,15,21). The second kappa shape index (κ2) is 5.90. The van der Waals surface area contributed by atoms with Crippen LogP contribution < -0.4 is 10.6 Å². The number of primary amides is 1. The summed E-state index contributed by atoms with van der Waals surface area (Å²) in [6, 6.07) is 1.86. The van der Waals surface area contributed by atoms with E-state index in [-0.39, 0.29) is 0 Å². The van der Waals surface area contributed by atoms with Crippen molar-refractivity contribution in [2.45, 2.75) is 19.4 Å². The van der Waals surface area contributed by atoms with Gasteiger partial charge in [0.05, 0.1) is 11.3 Å². The molecule has 0 saturated carbocycles. The van der Waals surface area contributed by atoms with Crippen LogP contribution in [-0.2, 0) is 6.54 Å². The molecule has 21 heavy (non-hydrogen) atoms. The van der Waals surface area contributed by atoms with Crippen LogP contribution in [0.15, 0.2) is 31.1 Å². The minimum atomic E-state index is -0.434. The summed E-state index contributed by atoms with van der Waals surface area (Å²) >= 11 is 0. The van der Waals surface area contributed by atoms with Crippen LogP contribution in [0.2, 0.25) is 0 Å². The van der Waals surface area contributed by atoms with Gasteiger partial charge in [-0.2, -0.15) is 5.10 Å². The lowest BCUT2D eigenvalue weighted by Gasteiger charge is -2.35. The number of aromatic nitrogens is 4. The molecule has 1 aliphatic rings. The molecule has 1 saturated heterocycles. The van der Waals surface area contributed by atoms with E-state index in [2.05, 4.69) is 20.0 Å². The highest BCUT2D eigenvalue weighted by Gasteiger charge is 2.23. The van der Waals surface area contributed by atoms with Gasteiger partial charge in [-0.3, -0.25) is 14.5 Å². The number of anilines is 1. The highest BCUT2D eigenvalue weighted by Crippen LogP contribution is 2.26. The fraction of sp³-hybridized carbons (Fsp3) is 0.429. The van der Waals surface area contributed by atoms with Gasteiger partial charge in [0.15, 0.2) is 0 Å². The first kappa shape index (κ1) is 13.5. The Morgan fingerprint density at radius 2 is 2.33 bits per heavy atom. The van der Waals surface area contributed by atoms with Crippen LogP contribution in [0.4, 0.5) is 5.69 Å². The van der Waals surface area contributed by atoms with Crippen LogP contribution in [0.3, 0.4) is 0 Å². The summed E-state index contributed by atoms with van der Waals surface area (Å²) in [6.07, 6.45) is 8.75. The summed E-state index contributed by atoms with van der Waals surface area (Å²) < 4.78 is 1.86. The first-order valence-electron chi connectivity index (χ1n) is 7.05. The molecule has 1 aliphatic heterocycles.